The molecule has 0 aliphatic carbocycles. The molecule has 0 fully saturated rings. The lowest BCUT2D eigenvalue weighted by atomic mass is 10.5. The summed E-state index contributed by atoms with van der Waals surface area (Å²) in [6.45, 7) is 1.50. The Hall–Kier alpha value is -1.69. The zero-order valence-corrected chi connectivity index (χ0v) is 6.93. The van der Waals surface area contributed by atoms with E-state index in [0.717, 1.165) is 12.2 Å². The van der Waals surface area contributed by atoms with Gasteiger partial charge in [-0.1, -0.05) is 6.92 Å². The van der Waals surface area contributed by atoms with E-state index in [1.54, 1.807) is 0 Å². The minimum absolute atomic E-state index is 0.00750. The van der Waals surface area contributed by atoms with Crippen molar-refractivity contribution in [2.75, 3.05) is 0 Å². The lowest BCUT2D eigenvalue weighted by Gasteiger charge is -2.22. The average Bonchev–Trinajstić information content (AvgIpc) is 2.44. The lowest BCUT2D eigenvalue weighted by Crippen LogP contribution is -2.47. The summed E-state index contributed by atoms with van der Waals surface area (Å²) in [5.74, 6) is -2.17. The zero-order chi connectivity index (χ0) is 10.0. The summed E-state index contributed by atoms with van der Waals surface area (Å²) < 4.78 is 0. The molecule has 1 aliphatic rings. The molecule has 1 N–H and O–H groups in total. The van der Waals surface area contributed by atoms with Crippen LogP contribution in [0.3, 0.4) is 0 Å². The Morgan fingerprint density at radius 3 is 2.31 bits per heavy atom. The highest BCUT2D eigenvalue weighted by atomic mass is 16.6. The van der Waals surface area contributed by atoms with Crippen LogP contribution in [0.25, 0.3) is 0 Å². The first-order chi connectivity index (χ1) is 6.07. The maximum Gasteiger partial charge on any atom is 0.274 e. The number of imide groups is 1. The van der Waals surface area contributed by atoms with E-state index in [1.807, 2.05) is 0 Å². The standard InChI is InChI=1S/C7H8N2O4/c1-2-5(10)9(13)8-6(11)3-4-7(8)12/h3-4,13H,2H2,1H3. The predicted octanol–water partition coefficient (Wildman–Crippen LogP) is -0.546. The molecule has 0 aromatic carbocycles. The van der Waals surface area contributed by atoms with Crippen molar-refractivity contribution < 1.29 is 19.6 Å². The summed E-state index contributed by atoms with van der Waals surface area (Å²) >= 11 is 0. The Kier molecular flexibility index (Phi) is 2.43. The van der Waals surface area contributed by atoms with Gasteiger partial charge in [0.2, 0.25) is 0 Å². The van der Waals surface area contributed by atoms with Crippen molar-refractivity contribution in [2.45, 2.75) is 13.3 Å². The third-order valence-electron chi connectivity index (χ3n) is 1.50. The zero-order valence-electron chi connectivity index (χ0n) is 6.93. The molecule has 1 rings (SSSR count). The van der Waals surface area contributed by atoms with Crippen LogP contribution >= 0.6 is 0 Å². The van der Waals surface area contributed by atoms with Crippen LogP contribution in [-0.2, 0) is 14.4 Å². The van der Waals surface area contributed by atoms with Gasteiger partial charge in [-0.25, -0.2) is 0 Å². The van der Waals surface area contributed by atoms with Gasteiger partial charge in [0.15, 0.2) is 0 Å². The predicted molar refractivity (Wildman–Crippen MR) is 39.9 cm³/mol. The molecule has 0 aromatic heterocycles. The highest BCUT2D eigenvalue weighted by molar-refractivity contribution is 6.13. The lowest BCUT2D eigenvalue weighted by molar-refractivity contribution is -0.228. The number of carbonyl (C=O) groups is 3. The van der Waals surface area contributed by atoms with Gasteiger partial charge in [-0.3, -0.25) is 19.6 Å². The maximum atomic E-state index is 10.9. The topological polar surface area (TPSA) is 77.9 Å². The van der Waals surface area contributed by atoms with E-state index in [2.05, 4.69) is 0 Å². The Morgan fingerprint density at radius 1 is 1.46 bits per heavy atom. The molecular weight excluding hydrogens is 176 g/mol. The highest BCUT2D eigenvalue weighted by Gasteiger charge is 2.31. The second-order valence-corrected chi connectivity index (χ2v) is 2.36. The molecule has 0 bridgehead atoms. The Bertz CT molecular complexity index is 279. The van der Waals surface area contributed by atoms with Gasteiger partial charge in [-0.05, 0) is 0 Å². The maximum absolute atomic E-state index is 10.9. The van der Waals surface area contributed by atoms with Crippen molar-refractivity contribution in [2.24, 2.45) is 0 Å². The first-order valence-electron chi connectivity index (χ1n) is 3.65. The van der Waals surface area contributed by atoms with Crippen molar-refractivity contribution in [1.82, 2.24) is 10.2 Å². The van der Waals surface area contributed by atoms with Crippen LogP contribution in [0.4, 0.5) is 0 Å². The number of carbonyl (C=O) groups excluding carboxylic acids is 3. The smallest absolute Gasteiger partial charge is 0.270 e. The van der Waals surface area contributed by atoms with Crippen LogP contribution in [0.15, 0.2) is 12.2 Å². The minimum Gasteiger partial charge on any atom is -0.270 e. The van der Waals surface area contributed by atoms with Gasteiger partial charge in [0.1, 0.15) is 0 Å². The first-order valence-corrected chi connectivity index (χ1v) is 3.65. The third kappa shape index (κ3) is 1.57. The van der Waals surface area contributed by atoms with Gasteiger partial charge in [0.25, 0.3) is 17.7 Å². The van der Waals surface area contributed by atoms with Gasteiger partial charge in [0, 0.05) is 18.6 Å². The molecular formula is C7H8N2O4. The Morgan fingerprint density at radius 2 is 1.92 bits per heavy atom. The largest absolute Gasteiger partial charge is 0.274 e. The van der Waals surface area contributed by atoms with Crippen LogP contribution in [0.5, 0.6) is 0 Å². The highest BCUT2D eigenvalue weighted by Crippen LogP contribution is 2.07. The molecule has 6 heteroatoms. The molecule has 70 valence electrons. The van der Waals surface area contributed by atoms with Crippen LogP contribution in [-0.4, -0.2) is 33.1 Å². The number of hydrogen-bond donors (Lipinski definition) is 1. The number of hydrogen-bond acceptors (Lipinski definition) is 4. The quantitative estimate of drug-likeness (QED) is 0.355. The Labute approximate surface area is 74.0 Å². The van der Waals surface area contributed by atoms with Crippen LogP contribution in [0, 0.1) is 0 Å². The molecule has 0 saturated carbocycles. The van der Waals surface area contributed by atoms with Crippen molar-refractivity contribution >= 4 is 17.7 Å². The molecule has 13 heavy (non-hydrogen) atoms. The van der Waals surface area contributed by atoms with Gasteiger partial charge in [0.05, 0.1) is 0 Å². The van der Waals surface area contributed by atoms with Gasteiger partial charge < -0.3 is 0 Å². The summed E-state index contributed by atoms with van der Waals surface area (Å²) in [5, 5.41) is 9.49. The second kappa shape index (κ2) is 3.36. The van der Waals surface area contributed by atoms with E-state index in [1.165, 1.54) is 6.92 Å². The van der Waals surface area contributed by atoms with Crippen molar-refractivity contribution in [3.05, 3.63) is 12.2 Å². The summed E-state index contributed by atoms with van der Waals surface area (Å²) in [6, 6.07) is 0. The van der Waals surface area contributed by atoms with E-state index < -0.39 is 17.7 Å². The molecule has 0 saturated heterocycles. The first kappa shape index (κ1) is 9.40. The number of hydroxylamine groups is 1. The van der Waals surface area contributed by atoms with Crippen molar-refractivity contribution in [3.8, 4) is 0 Å². The molecule has 6 nitrogen and oxygen atoms in total. The van der Waals surface area contributed by atoms with E-state index in [9.17, 15) is 14.4 Å². The molecule has 1 heterocycles. The Balaban J connectivity index is 2.78. The summed E-state index contributed by atoms with van der Waals surface area (Å²) in [6.07, 6.45) is 1.97. The van der Waals surface area contributed by atoms with Crippen LogP contribution in [0.1, 0.15) is 13.3 Å². The summed E-state index contributed by atoms with van der Waals surface area (Å²) in [5.41, 5.74) is 0. The third-order valence-corrected chi connectivity index (χ3v) is 1.50. The fourth-order valence-corrected chi connectivity index (χ4v) is 0.832. The molecule has 3 amide bonds. The average molecular weight is 184 g/mol. The van der Waals surface area contributed by atoms with E-state index >= 15 is 0 Å². The molecule has 0 unspecified atom stereocenters. The van der Waals surface area contributed by atoms with Crippen LogP contribution < -0.4 is 0 Å². The molecule has 0 radical (unpaired) electrons. The van der Waals surface area contributed by atoms with Crippen LogP contribution in [0.2, 0.25) is 0 Å². The number of rotatable bonds is 2. The fraction of sp³-hybridized carbons (Fsp3) is 0.286. The van der Waals surface area contributed by atoms with Gasteiger partial charge >= 0.3 is 0 Å². The summed E-state index contributed by atoms with van der Waals surface area (Å²) in [4.78, 5) is 32.7. The normalized spacial score (nSPS) is 15.4. The second-order valence-electron chi connectivity index (χ2n) is 2.36. The molecule has 0 spiro atoms. The number of hydrazine groups is 1. The fourth-order valence-electron chi connectivity index (χ4n) is 0.832. The minimum atomic E-state index is -0.728. The van der Waals surface area contributed by atoms with E-state index in [4.69, 9.17) is 5.21 Å². The van der Waals surface area contributed by atoms with Crippen molar-refractivity contribution in [3.63, 3.8) is 0 Å². The van der Waals surface area contributed by atoms with E-state index in [-0.39, 0.29) is 11.6 Å². The number of amides is 3. The molecule has 1 aliphatic heterocycles. The SMILES string of the molecule is CCC(=O)N(O)N1C(=O)C=CC1=O. The van der Waals surface area contributed by atoms with Gasteiger partial charge in [-0.2, -0.15) is 5.01 Å². The summed E-state index contributed by atoms with van der Waals surface area (Å²) in [7, 11) is 0. The molecule has 0 aromatic rings. The number of nitrogens with zero attached hydrogens (tertiary/aromatic N) is 2. The molecule has 0 atom stereocenters. The van der Waals surface area contributed by atoms with Crippen molar-refractivity contribution in [1.29, 1.82) is 0 Å². The monoisotopic (exact) mass is 184 g/mol. The van der Waals surface area contributed by atoms with Gasteiger partial charge in [-0.15, -0.1) is 5.17 Å². The van der Waals surface area contributed by atoms with E-state index in [0.29, 0.717) is 5.01 Å².